The molecule has 0 aliphatic heterocycles. The molecular formula is C13H19NO2. The molecule has 88 valence electrons. The van der Waals surface area contributed by atoms with Gasteiger partial charge in [-0.25, -0.2) is 0 Å². The molecule has 1 rings (SSSR count). The van der Waals surface area contributed by atoms with Crippen molar-refractivity contribution in [3.63, 3.8) is 0 Å². The average Bonchev–Trinajstić information content (AvgIpc) is 2.31. The van der Waals surface area contributed by atoms with Crippen LogP contribution in [-0.2, 0) is 9.53 Å². The van der Waals surface area contributed by atoms with Gasteiger partial charge in [-0.1, -0.05) is 29.8 Å². The lowest BCUT2D eigenvalue weighted by atomic mass is 10.0. The van der Waals surface area contributed by atoms with Crippen molar-refractivity contribution < 1.29 is 9.53 Å². The predicted octanol–water partition coefficient (Wildman–Crippen LogP) is 2.21. The van der Waals surface area contributed by atoms with E-state index in [9.17, 15) is 4.79 Å². The standard InChI is InChI=1S/C13H19NO2/c1-10-4-6-11(7-5-10)12(14-2)8-9-13(15)16-3/h4-7,12,14H,8-9H2,1-3H3. The van der Waals surface area contributed by atoms with Crippen LogP contribution in [0.15, 0.2) is 24.3 Å². The van der Waals surface area contributed by atoms with E-state index in [1.54, 1.807) is 0 Å². The topological polar surface area (TPSA) is 38.3 Å². The molecular weight excluding hydrogens is 202 g/mol. The summed E-state index contributed by atoms with van der Waals surface area (Å²) in [4.78, 5) is 11.1. The van der Waals surface area contributed by atoms with Gasteiger partial charge < -0.3 is 10.1 Å². The van der Waals surface area contributed by atoms with E-state index in [4.69, 9.17) is 0 Å². The van der Waals surface area contributed by atoms with Gasteiger partial charge in [-0.15, -0.1) is 0 Å². The molecule has 1 unspecified atom stereocenters. The highest BCUT2D eigenvalue weighted by molar-refractivity contribution is 5.69. The molecule has 0 saturated carbocycles. The van der Waals surface area contributed by atoms with Crippen LogP contribution >= 0.6 is 0 Å². The Balaban J connectivity index is 2.60. The van der Waals surface area contributed by atoms with E-state index < -0.39 is 0 Å². The number of rotatable bonds is 5. The Kier molecular flexibility index (Phi) is 4.99. The summed E-state index contributed by atoms with van der Waals surface area (Å²) in [5, 5.41) is 3.21. The molecule has 0 heterocycles. The second-order valence-corrected chi connectivity index (χ2v) is 3.87. The smallest absolute Gasteiger partial charge is 0.305 e. The molecule has 16 heavy (non-hydrogen) atoms. The quantitative estimate of drug-likeness (QED) is 0.775. The summed E-state index contributed by atoms with van der Waals surface area (Å²) in [6.07, 6.45) is 1.20. The van der Waals surface area contributed by atoms with E-state index in [0.29, 0.717) is 6.42 Å². The highest BCUT2D eigenvalue weighted by Gasteiger charge is 2.11. The van der Waals surface area contributed by atoms with E-state index in [1.165, 1.54) is 18.2 Å². The first-order valence-electron chi connectivity index (χ1n) is 5.48. The van der Waals surface area contributed by atoms with E-state index in [1.807, 2.05) is 7.05 Å². The number of hydrogen-bond acceptors (Lipinski definition) is 3. The van der Waals surface area contributed by atoms with E-state index in [2.05, 4.69) is 41.2 Å². The Bertz CT molecular complexity index is 332. The highest BCUT2D eigenvalue weighted by atomic mass is 16.5. The first kappa shape index (κ1) is 12.7. The average molecular weight is 221 g/mol. The zero-order valence-corrected chi connectivity index (χ0v) is 10.1. The maximum absolute atomic E-state index is 11.1. The van der Waals surface area contributed by atoms with Crippen LogP contribution in [0.4, 0.5) is 0 Å². The molecule has 0 spiro atoms. The molecule has 3 heteroatoms. The summed E-state index contributed by atoms with van der Waals surface area (Å²) in [6.45, 7) is 2.06. The minimum absolute atomic E-state index is 0.160. The fraction of sp³-hybridized carbons (Fsp3) is 0.462. The maximum atomic E-state index is 11.1. The van der Waals surface area contributed by atoms with Gasteiger partial charge in [0.05, 0.1) is 7.11 Å². The number of methoxy groups -OCH3 is 1. The molecule has 0 amide bonds. The van der Waals surface area contributed by atoms with Gasteiger partial charge in [-0.2, -0.15) is 0 Å². The summed E-state index contributed by atoms with van der Waals surface area (Å²) >= 11 is 0. The first-order valence-corrected chi connectivity index (χ1v) is 5.48. The molecule has 3 nitrogen and oxygen atoms in total. The molecule has 0 saturated heterocycles. The molecule has 0 aliphatic carbocycles. The minimum Gasteiger partial charge on any atom is -0.469 e. The summed E-state index contributed by atoms with van der Waals surface area (Å²) in [6, 6.07) is 8.55. The Hall–Kier alpha value is -1.35. The predicted molar refractivity (Wildman–Crippen MR) is 64.2 cm³/mol. The Morgan fingerprint density at radius 3 is 2.50 bits per heavy atom. The van der Waals surface area contributed by atoms with Crippen molar-refractivity contribution in [1.82, 2.24) is 5.32 Å². The zero-order valence-electron chi connectivity index (χ0n) is 10.1. The Morgan fingerprint density at radius 2 is 2.00 bits per heavy atom. The van der Waals surface area contributed by atoms with Crippen molar-refractivity contribution in [2.45, 2.75) is 25.8 Å². The van der Waals surface area contributed by atoms with Crippen LogP contribution in [-0.4, -0.2) is 20.1 Å². The fourth-order valence-electron chi connectivity index (χ4n) is 1.64. The summed E-state index contributed by atoms with van der Waals surface area (Å²) in [5.41, 5.74) is 2.45. The van der Waals surface area contributed by atoms with Crippen LogP contribution < -0.4 is 5.32 Å². The van der Waals surface area contributed by atoms with Crippen molar-refractivity contribution >= 4 is 5.97 Å². The lowest BCUT2D eigenvalue weighted by molar-refractivity contribution is -0.140. The molecule has 0 fully saturated rings. The van der Waals surface area contributed by atoms with Crippen molar-refractivity contribution in [3.8, 4) is 0 Å². The number of hydrogen-bond donors (Lipinski definition) is 1. The second kappa shape index (κ2) is 6.28. The Labute approximate surface area is 96.8 Å². The van der Waals surface area contributed by atoms with Gasteiger partial charge in [0.1, 0.15) is 0 Å². The number of carbonyl (C=O) groups excluding carboxylic acids is 1. The van der Waals surface area contributed by atoms with E-state index >= 15 is 0 Å². The number of aryl methyl sites for hydroxylation is 1. The van der Waals surface area contributed by atoms with Gasteiger partial charge in [0.15, 0.2) is 0 Å². The largest absolute Gasteiger partial charge is 0.469 e. The van der Waals surface area contributed by atoms with Gasteiger partial charge in [-0.05, 0) is 26.0 Å². The van der Waals surface area contributed by atoms with Crippen LogP contribution in [0.2, 0.25) is 0 Å². The molecule has 0 bridgehead atoms. The first-order chi connectivity index (χ1) is 7.67. The maximum Gasteiger partial charge on any atom is 0.305 e. The zero-order chi connectivity index (χ0) is 12.0. The number of ether oxygens (including phenoxy) is 1. The molecule has 1 atom stereocenters. The number of nitrogens with one attached hydrogen (secondary N) is 1. The van der Waals surface area contributed by atoms with Crippen molar-refractivity contribution in [1.29, 1.82) is 0 Å². The number of benzene rings is 1. The van der Waals surface area contributed by atoms with Crippen molar-refractivity contribution in [2.24, 2.45) is 0 Å². The SMILES string of the molecule is CNC(CCC(=O)OC)c1ccc(C)cc1. The monoisotopic (exact) mass is 221 g/mol. The third-order valence-corrected chi connectivity index (χ3v) is 2.69. The third kappa shape index (κ3) is 3.66. The number of carbonyl (C=O) groups is 1. The molecule has 1 aromatic carbocycles. The lowest BCUT2D eigenvalue weighted by Gasteiger charge is -2.16. The van der Waals surface area contributed by atoms with Crippen molar-refractivity contribution in [3.05, 3.63) is 35.4 Å². The Morgan fingerprint density at radius 1 is 1.38 bits per heavy atom. The van der Waals surface area contributed by atoms with Gasteiger partial charge >= 0.3 is 5.97 Å². The second-order valence-electron chi connectivity index (χ2n) is 3.87. The van der Waals surface area contributed by atoms with E-state index in [-0.39, 0.29) is 12.0 Å². The lowest BCUT2D eigenvalue weighted by Crippen LogP contribution is -2.17. The molecule has 0 aliphatic rings. The summed E-state index contributed by atoms with van der Waals surface area (Å²) in [5.74, 6) is -0.160. The fourth-order valence-corrected chi connectivity index (χ4v) is 1.64. The minimum atomic E-state index is -0.160. The van der Waals surface area contributed by atoms with Crippen LogP contribution in [0.25, 0.3) is 0 Å². The summed E-state index contributed by atoms with van der Waals surface area (Å²) < 4.78 is 4.63. The highest BCUT2D eigenvalue weighted by Crippen LogP contribution is 2.18. The molecule has 0 radical (unpaired) electrons. The normalized spacial score (nSPS) is 12.2. The third-order valence-electron chi connectivity index (χ3n) is 2.69. The molecule has 1 aromatic rings. The van der Waals surface area contributed by atoms with Crippen LogP contribution in [0.3, 0.4) is 0 Å². The van der Waals surface area contributed by atoms with Gasteiger partial charge in [0, 0.05) is 12.5 Å². The van der Waals surface area contributed by atoms with E-state index in [0.717, 1.165) is 6.42 Å². The number of esters is 1. The van der Waals surface area contributed by atoms with Crippen LogP contribution in [0.5, 0.6) is 0 Å². The molecule has 1 N–H and O–H groups in total. The van der Waals surface area contributed by atoms with Gasteiger partial charge in [0.25, 0.3) is 0 Å². The van der Waals surface area contributed by atoms with Crippen molar-refractivity contribution in [2.75, 3.05) is 14.2 Å². The van der Waals surface area contributed by atoms with Gasteiger partial charge in [-0.3, -0.25) is 4.79 Å². The summed E-state index contributed by atoms with van der Waals surface area (Å²) in [7, 11) is 3.32. The van der Waals surface area contributed by atoms with Gasteiger partial charge in [0.2, 0.25) is 0 Å². The molecule has 0 aromatic heterocycles. The van der Waals surface area contributed by atoms with Crippen LogP contribution in [0, 0.1) is 6.92 Å². The van der Waals surface area contributed by atoms with Crippen LogP contribution in [0.1, 0.15) is 30.0 Å².